The second kappa shape index (κ2) is 17.8. The fourth-order valence-corrected chi connectivity index (χ4v) is 5.26. The molecule has 50 heavy (non-hydrogen) atoms. The highest BCUT2D eigenvalue weighted by Crippen LogP contribution is 2.35. The number of esters is 1. The second-order valence-corrected chi connectivity index (χ2v) is 12.4. The molecular formula is C39H46O11. The number of aliphatic hydroxyl groups excluding tert-OH is 1. The number of carbonyl (C=O) groups excluding carboxylic acids is 1. The Labute approximate surface area is 293 Å². The van der Waals surface area contributed by atoms with E-state index in [2.05, 4.69) is 0 Å². The molecule has 1 aliphatic heterocycles. The number of rotatable bonds is 17. The number of hydrogen-bond donors (Lipinski definition) is 2. The number of ether oxygens (including phenoxy) is 7. The summed E-state index contributed by atoms with van der Waals surface area (Å²) < 4.78 is 40.5. The van der Waals surface area contributed by atoms with E-state index in [1.54, 1.807) is 82.5 Å². The fraction of sp³-hybridized carbons (Fsp3) is 0.385. The van der Waals surface area contributed by atoms with Gasteiger partial charge < -0.3 is 43.4 Å². The quantitative estimate of drug-likeness (QED) is 0.0891. The number of aliphatic hydroxyl groups is 1. The fourth-order valence-electron chi connectivity index (χ4n) is 5.26. The number of methoxy groups -OCH3 is 2. The Morgan fingerprint density at radius 1 is 0.940 bits per heavy atom. The van der Waals surface area contributed by atoms with E-state index in [4.69, 9.17) is 33.2 Å². The van der Waals surface area contributed by atoms with Gasteiger partial charge in [-0.2, -0.15) is 0 Å². The van der Waals surface area contributed by atoms with Crippen LogP contribution in [0.4, 0.5) is 0 Å². The van der Waals surface area contributed by atoms with Crippen molar-refractivity contribution in [2.45, 2.75) is 70.9 Å². The molecule has 1 fully saturated rings. The van der Waals surface area contributed by atoms with E-state index >= 15 is 0 Å². The van der Waals surface area contributed by atoms with Gasteiger partial charge in [0.05, 0.1) is 24.9 Å². The molecule has 11 heteroatoms. The average Bonchev–Trinajstić information content (AvgIpc) is 3.41. The number of benzene rings is 3. The topological polar surface area (TPSA) is 139 Å². The summed E-state index contributed by atoms with van der Waals surface area (Å²) in [7, 11) is 3.03. The number of carbonyl (C=O) groups is 2. The van der Waals surface area contributed by atoms with Crippen molar-refractivity contribution in [3.63, 3.8) is 0 Å². The van der Waals surface area contributed by atoms with Crippen molar-refractivity contribution in [3.05, 3.63) is 107 Å². The molecule has 0 bridgehead atoms. The van der Waals surface area contributed by atoms with E-state index in [0.717, 1.165) is 11.3 Å². The smallest absolute Gasteiger partial charge is 0.340 e. The van der Waals surface area contributed by atoms with Crippen molar-refractivity contribution in [3.8, 4) is 17.2 Å². The SMILES string of the molecule is COCOc1cc(OCc2ccc(OC)cc2)cc(/C=C/C[C@@H]2OC(C)(C)OC2C(/C=C\C(C)C(C)O)OC(=O)c2ccccc2)c1C(=O)O. The first-order valence-electron chi connectivity index (χ1n) is 16.3. The molecule has 3 aromatic carbocycles. The average molecular weight is 691 g/mol. The van der Waals surface area contributed by atoms with Gasteiger partial charge in [0, 0.05) is 13.2 Å². The van der Waals surface area contributed by atoms with Crippen molar-refractivity contribution in [1.29, 1.82) is 0 Å². The molecule has 1 saturated heterocycles. The summed E-state index contributed by atoms with van der Waals surface area (Å²) in [5.74, 6) is -1.76. The number of carboxylic acid groups (broad SMARTS) is 1. The molecule has 11 nitrogen and oxygen atoms in total. The predicted molar refractivity (Wildman–Crippen MR) is 186 cm³/mol. The third kappa shape index (κ3) is 10.7. The lowest BCUT2D eigenvalue weighted by molar-refractivity contribution is -0.152. The van der Waals surface area contributed by atoms with Crippen molar-refractivity contribution in [2.24, 2.45) is 5.92 Å². The summed E-state index contributed by atoms with van der Waals surface area (Å²) in [6, 6.07) is 19.2. The van der Waals surface area contributed by atoms with Crippen molar-refractivity contribution >= 4 is 18.0 Å². The van der Waals surface area contributed by atoms with Crippen LogP contribution in [0.1, 0.15) is 66.0 Å². The molecule has 2 N–H and O–H groups in total. The minimum atomic E-state index is -1.19. The van der Waals surface area contributed by atoms with E-state index in [-0.39, 0.29) is 37.1 Å². The Morgan fingerprint density at radius 2 is 1.66 bits per heavy atom. The van der Waals surface area contributed by atoms with Gasteiger partial charge in [0.1, 0.15) is 41.6 Å². The summed E-state index contributed by atoms with van der Waals surface area (Å²) in [5.41, 5.74) is 1.53. The standard InChI is InChI=1S/C39H46O11/c1-25(26(2)40)15-20-32(48-38(43)28-11-8-7-9-12-28)36-33(49-39(3,4)50-36)14-10-13-29-21-31(22-34(47-24-44-5)35(29)37(41)42)46-23-27-16-18-30(45-6)19-17-27/h7-13,15-22,25-26,32-33,36,40H,14,23-24H2,1-6H3,(H,41,42)/b13-10+,20-15-/t25?,26?,32?,33-,36?/m0/s1. The van der Waals surface area contributed by atoms with Crippen LogP contribution in [0.2, 0.25) is 0 Å². The Morgan fingerprint density at radius 3 is 2.30 bits per heavy atom. The van der Waals surface area contributed by atoms with Crippen LogP contribution in [0, 0.1) is 5.92 Å². The van der Waals surface area contributed by atoms with Gasteiger partial charge in [0.25, 0.3) is 0 Å². The highest BCUT2D eigenvalue weighted by Gasteiger charge is 2.45. The van der Waals surface area contributed by atoms with E-state index in [1.165, 1.54) is 13.2 Å². The highest BCUT2D eigenvalue weighted by atomic mass is 16.8. The number of carboxylic acids is 1. The monoisotopic (exact) mass is 690 g/mol. The van der Waals surface area contributed by atoms with Crippen LogP contribution in [0.5, 0.6) is 17.2 Å². The first kappa shape index (κ1) is 38.1. The Kier molecular flexibility index (Phi) is 13.6. The first-order chi connectivity index (χ1) is 23.9. The second-order valence-electron chi connectivity index (χ2n) is 12.4. The Bertz CT molecular complexity index is 1610. The van der Waals surface area contributed by atoms with E-state index < -0.39 is 42.1 Å². The van der Waals surface area contributed by atoms with Crippen LogP contribution in [0.25, 0.3) is 6.08 Å². The zero-order valence-corrected chi connectivity index (χ0v) is 29.2. The summed E-state index contributed by atoms with van der Waals surface area (Å²) in [6.07, 6.45) is 4.42. The van der Waals surface area contributed by atoms with E-state index in [1.807, 2.05) is 37.3 Å². The van der Waals surface area contributed by atoms with Gasteiger partial charge in [-0.1, -0.05) is 55.5 Å². The summed E-state index contributed by atoms with van der Waals surface area (Å²) in [4.78, 5) is 25.6. The Balaban J connectivity index is 1.62. The van der Waals surface area contributed by atoms with Crippen molar-refractivity contribution < 1.29 is 53.0 Å². The third-order valence-electron chi connectivity index (χ3n) is 8.05. The minimum absolute atomic E-state index is 0.0692. The molecule has 5 atom stereocenters. The van der Waals surface area contributed by atoms with Crippen LogP contribution < -0.4 is 14.2 Å². The van der Waals surface area contributed by atoms with Crippen LogP contribution in [-0.2, 0) is 25.6 Å². The maximum atomic E-state index is 13.2. The van der Waals surface area contributed by atoms with Gasteiger partial charge in [-0.3, -0.25) is 0 Å². The molecule has 4 rings (SSSR count). The third-order valence-corrected chi connectivity index (χ3v) is 8.05. The highest BCUT2D eigenvalue weighted by molar-refractivity contribution is 5.95. The van der Waals surface area contributed by atoms with Gasteiger partial charge >= 0.3 is 11.9 Å². The molecule has 0 spiro atoms. The summed E-state index contributed by atoms with van der Waals surface area (Å²) in [6.45, 7) is 7.13. The minimum Gasteiger partial charge on any atom is -0.497 e. The zero-order valence-electron chi connectivity index (χ0n) is 29.2. The van der Waals surface area contributed by atoms with Gasteiger partial charge in [-0.05, 0) is 80.6 Å². The van der Waals surface area contributed by atoms with E-state index in [9.17, 15) is 19.8 Å². The number of aromatic carboxylic acids is 1. The molecule has 1 heterocycles. The van der Waals surface area contributed by atoms with Crippen molar-refractivity contribution in [2.75, 3.05) is 21.0 Å². The van der Waals surface area contributed by atoms with Gasteiger partial charge in [0.15, 0.2) is 12.6 Å². The maximum Gasteiger partial charge on any atom is 0.340 e. The lowest BCUT2D eigenvalue weighted by atomic mass is 9.99. The molecule has 0 amide bonds. The molecule has 4 unspecified atom stereocenters. The summed E-state index contributed by atoms with van der Waals surface area (Å²) >= 11 is 0. The lowest BCUT2D eigenvalue weighted by Gasteiger charge is -2.25. The van der Waals surface area contributed by atoms with Crippen LogP contribution in [-0.4, -0.2) is 73.4 Å². The molecule has 268 valence electrons. The summed E-state index contributed by atoms with van der Waals surface area (Å²) in [5, 5.41) is 20.3. The normalized spacial score (nSPS) is 18.9. The van der Waals surface area contributed by atoms with Gasteiger partial charge in [-0.15, -0.1) is 0 Å². The van der Waals surface area contributed by atoms with Crippen molar-refractivity contribution in [1.82, 2.24) is 0 Å². The molecule has 0 radical (unpaired) electrons. The van der Waals surface area contributed by atoms with Gasteiger partial charge in [-0.25, -0.2) is 9.59 Å². The predicted octanol–water partition coefficient (Wildman–Crippen LogP) is 6.68. The number of hydrogen-bond acceptors (Lipinski definition) is 10. The van der Waals surface area contributed by atoms with Crippen LogP contribution in [0.15, 0.2) is 85.0 Å². The maximum absolute atomic E-state index is 13.2. The van der Waals surface area contributed by atoms with Crippen LogP contribution >= 0.6 is 0 Å². The van der Waals surface area contributed by atoms with E-state index in [0.29, 0.717) is 16.9 Å². The lowest BCUT2D eigenvalue weighted by Crippen LogP contribution is -2.37. The molecule has 0 aliphatic carbocycles. The largest absolute Gasteiger partial charge is 0.497 e. The van der Waals surface area contributed by atoms with Crippen LogP contribution in [0.3, 0.4) is 0 Å². The molecular weight excluding hydrogens is 644 g/mol. The Hall–Kier alpha value is -4.68. The molecule has 1 aliphatic rings. The zero-order chi connectivity index (χ0) is 36.3. The van der Waals surface area contributed by atoms with Gasteiger partial charge in [0.2, 0.25) is 0 Å². The molecule has 3 aromatic rings. The molecule has 0 aromatic heterocycles. The molecule has 0 saturated carbocycles. The first-order valence-corrected chi connectivity index (χ1v) is 16.3.